The highest BCUT2D eigenvalue weighted by Gasteiger charge is 2.07. The van der Waals surface area contributed by atoms with Gasteiger partial charge in [0.2, 0.25) is 15.9 Å². The molecule has 0 aliphatic heterocycles. The average Bonchev–Trinajstić information content (AvgIpc) is 2.58. The lowest BCUT2D eigenvalue weighted by Crippen LogP contribution is -2.29. The van der Waals surface area contributed by atoms with Gasteiger partial charge in [0.05, 0.1) is 11.4 Å². The van der Waals surface area contributed by atoms with Gasteiger partial charge in [-0.25, -0.2) is 13.6 Å². The number of benzene rings is 2. The van der Waals surface area contributed by atoms with Gasteiger partial charge in [0.25, 0.3) is 0 Å². The third-order valence-electron chi connectivity index (χ3n) is 3.68. The third kappa shape index (κ3) is 6.07. The Morgan fingerprint density at radius 3 is 2.38 bits per heavy atom. The molecule has 0 aliphatic carbocycles. The first-order valence-electron chi connectivity index (χ1n) is 7.99. The van der Waals surface area contributed by atoms with E-state index in [1.807, 2.05) is 0 Å². The minimum Gasteiger partial charge on any atom is -0.325 e. The van der Waals surface area contributed by atoms with Crippen LogP contribution in [0.5, 0.6) is 0 Å². The van der Waals surface area contributed by atoms with Crippen LogP contribution in [0.3, 0.4) is 0 Å². The number of hydrogen-bond donors (Lipinski definition) is 3. The molecule has 138 valence electrons. The molecule has 2 aromatic carbocycles. The Balaban J connectivity index is 1.76. The molecule has 0 fully saturated rings. The zero-order valence-corrected chi connectivity index (χ0v) is 15.2. The molecular formula is C18H21N3O4S. The lowest BCUT2D eigenvalue weighted by molar-refractivity contribution is -0.115. The fourth-order valence-corrected chi connectivity index (χ4v) is 2.82. The number of Topliss-reactive ketones (excluding diaryl/α,β-unsaturated/α-hetero) is 1. The molecule has 1 amide bonds. The molecule has 26 heavy (non-hydrogen) atoms. The van der Waals surface area contributed by atoms with Gasteiger partial charge in [0, 0.05) is 11.3 Å². The molecule has 0 atom stereocenters. The zero-order chi connectivity index (χ0) is 19.2. The Hall–Kier alpha value is -2.55. The molecule has 7 nitrogen and oxygen atoms in total. The minimum atomic E-state index is -3.68. The summed E-state index contributed by atoms with van der Waals surface area (Å²) in [6, 6.07) is 13.1. The van der Waals surface area contributed by atoms with Gasteiger partial charge in [-0.3, -0.25) is 9.59 Å². The van der Waals surface area contributed by atoms with E-state index >= 15 is 0 Å². The van der Waals surface area contributed by atoms with Crippen molar-refractivity contribution >= 4 is 27.4 Å². The molecule has 0 radical (unpaired) electrons. The first-order chi connectivity index (χ1) is 12.3. The Labute approximate surface area is 152 Å². The molecule has 8 heteroatoms. The predicted octanol–water partition coefficient (Wildman–Crippen LogP) is 1.31. The zero-order valence-electron chi connectivity index (χ0n) is 14.4. The lowest BCUT2D eigenvalue weighted by atomic mass is 10.1. The fourth-order valence-electron chi connectivity index (χ4n) is 2.30. The van der Waals surface area contributed by atoms with Gasteiger partial charge in [-0.1, -0.05) is 24.3 Å². The summed E-state index contributed by atoms with van der Waals surface area (Å²) in [6.07, 6.45) is 0.637. The van der Waals surface area contributed by atoms with Crippen molar-refractivity contribution in [1.82, 2.24) is 5.32 Å². The van der Waals surface area contributed by atoms with Crippen LogP contribution >= 0.6 is 0 Å². The van der Waals surface area contributed by atoms with Crippen LogP contribution in [0.4, 0.5) is 5.69 Å². The highest BCUT2D eigenvalue weighted by molar-refractivity contribution is 7.89. The summed E-state index contributed by atoms with van der Waals surface area (Å²) in [5.41, 5.74) is 2.04. The molecule has 2 rings (SSSR count). The van der Waals surface area contributed by atoms with Crippen LogP contribution in [0.2, 0.25) is 0 Å². The van der Waals surface area contributed by atoms with E-state index in [1.165, 1.54) is 19.1 Å². The van der Waals surface area contributed by atoms with Gasteiger partial charge in [0.1, 0.15) is 0 Å². The SMILES string of the molecule is CC(=O)c1cccc(NC(=O)CNCCc2ccc(S(N)(=O)=O)cc2)c1. The van der Waals surface area contributed by atoms with E-state index in [-0.39, 0.29) is 23.1 Å². The number of sulfonamides is 1. The van der Waals surface area contributed by atoms with E-state index in [1.54, 1.807) is 36.4 Å². The quantitative estimate of drug-likeness (QED) is 0.475. The van der Waals surface area contributed by atoms with Crippen molar-refractivity contribution in [2.45, 2.75) is 18.2 Å². The highest BCUT2D eigenvalue weighted by atomic mass is 32.2. The van der Waals surface area contributed by atoms with Crippen molar-refractivity contribution in [3.63, 3.8) is 0 Å². The highest BCUT2D eigenvalue weighted by Crippen LogP contribution is 2.11. The van der Waals surface area contributed by atoms with E-state index in [0.717, 1.165) is 5.56 Å². The first kappa shape index (κ1) is 19.8. The van der Waals surface area contributed by atoms with Gasteiger partial charge in [-0.2, -0.15) is 0 Å². The summed E-state index contributed by atoms with van der Waals surface area (Å²) in [5, 5.41) is 10.8. The number of nitrogens with two attached hydrogens (primary N) is 1. The molecule has 0 aliphatic rings. The molecular weight excluding hydrogens is 354 g/mol. The van der Waals surface area contributed by atoms with Crippen LogP contribution < -0.4 is 15.8 Å². The van der Waals surface area contributed by atoms with Crippen LogP contribution in [0.1, 0.15) is 22.8 Å². The van der Waals surface area contributed by atoms with Gasteiger partial charge in [-0.05, 0) is 49.7 Å². The second-order valence-electron chi connectivity index (χ2n) is 5.80. The van der Waals surface area contributed by atoms with Gasteiger partial charge >= 0.3 is 0 Å². The Kier molecular flexibility index (Phi) is 6.62. The standard InChI is InChI=1S/C18H21N3O4S/c1-13(22)15-3-2-4-16(11-15)21-18(23)12-20-10-9-14-5-7-17(8-6-14)26(19,24)25/h2-8,11,20H,9-10,12H2,1H3,(H,21,23)(H2,19,24,25). The molecule has 0 bridgehead atoms. The summed E-state index contributed by atoms with van der Waals surface area (Å²) < 4.78 is 22.4. The number of hydrogen-bond acceptors (Lipinski definition) is 5. The van der Waals surface area contributed by atoms with E-state index in [9.17, 15) is 18.0 Å². The van der Waals surface area contributed by atoms with Crippen molar-refractivity contribution in [1.29, 1.82) is 0 Å². The van der Waals surface area contributed by atoms with Gasteiger partial charge in [-0.15, -0.1) is 0 Å². The Morgan fingerprint density at radius 2 is 1.77 bits per heavy atom. The second-order valence-corrected chi connectivity index (χ2v) is 7.36. The number of primary sulfonamides is 1. The number of anilines is 1. The molecule has 0 spiro atoms. The maximum Gasteiger partial charge on any atom is 0.238 e. The third-order valence-corrected chi connectivity index (χ3v) is 4.61. The van der Waals surface area contributed by atoms with Crippen LogP contribution in [0, 0.1) is 0 Å². The second kappa shape index (κ2) is 8.70. The van der Waals surface area contributed by atoms with E-state index in [0.29, 0.717) is 24.2 Å². The van der Waals surface area contributed by atoms with Crippen molar-refractivity contribution in [3.05, 3.63) is 59.7 Å². The Bertz CT molecular complexity index is 893. The van der Waals surface area contributed by atoms with E-state index in [2.05, 4.69) is 10.6 Å². The van der Waals surface area contributed by atoms with Crippen LogP contribution in [-0.4, -0.2) is 33.2 Å². The molecule has 0 aromatic heterocycles. The van der Waals surface area contributed by atoms with Gasteiger partial charge < -0.3 is 10.6 Å². The van der Waals surface area contributed by atoms with Crippen molar-refractivity contribution in [2.24, 2.45) is 5.14 Å². The molecule has 0 unspecified atom stereocenters. The fraction of sp³-hybridized carbons (Fsp3) is 0.222. The van der Waals surface area contributed by atoms with Gasteiger partial charge in [0.15, 0.2) is 5.78 Å². The first-order valence-corrected chi connectivity index (χ1v) is 9.53. The average molecular weight is 375 g/mol. The summed E-state index contributed by atoms with van der Waals surface area (Å²) in [4.78, 5) is 23.3. The number of rotatable bonds is 8. The molecule has 4 N–H and O–H groups in total. The normalized spacial score (nSPS) is 11.2. The number of carbonyl (C=O) groups is 2. The van der Waals surface area contributed by atoms with Crippen LogP contribution in [-0.2, 0) is 21.2 Å². The van der Waals surface area contributed by atoms with Crippen molar-refractivity contribution in [3.8, 4) is 0 Å². The summed E-state index contributed by atoms with van der Waals surface area (Å²) in [7, 11) is -3.68. The van der Waals surface area contributed by atoms with Crippen LogP contribution in [0.25, 0.3) is 0 Å². The molecule has 2 aromatic rings. The summed E-state index contributed by atoms with van der Waals surface area (Å²) in [6.45, 7) is 2.15. The molecule has 0 saturated heterocycles. The number of ketones is 1. The monoisotopic (exact) mass is 375 g/mol. The van der Waals surface area contributed by atoms with E-state index in [4.69, 9.17) is 5.14 Å². The molecule has 0 heterocycles. The Morgan fingerprint density at radius 1 is 1.08 bits per heavy atom. The summed E-state index contributed by atoms with van der Waals surface area (Å²) >= 11 is 0. The summed E-state index contributed by atoms with van der Waals surface area (Å²) in [5.74, 6) is -0.275. The maximum atomic E-state index is 11.9. The predicted molar refractivity (Wildman–Crippen MR) is 99.5 cm³/mol. The topological polar surface area (TPSA) is 118 Å². The van der Waals surface area contributed by atoms with Crippen LogP contribution in [0.15, 0.2) is 53.4 Å². The maximum absolute atomic E-state index is 11.9. The number of nitrogens with one attached hydrogen (secondary N) is 2. The smallest absolute Gasteiger partial charge is 0.238 e. The number of amides is 1. The molecule has 0 saturated carbocycles. The van der Waals surface area contributed by atoms with Crippen molar-refractivity contribution < 1.29 is 18.0 Å². The van der Waals surface area contributed by atoms with E-state index < -0.39 is 10.0 Å². The lowest BCUT2D eigenvalue weighted by Gasteiger charge is -2.08. The largest absolute Gasteiger partial charge is 0.325 e. The van der Waals surface area contributed by atoms with Crippen molar-refractivity contribution in [2.75, 3.05) is 18.4 Å². The number of carbonyl (C=O) groups excluding carboxylic acids is 2. The minimum absolute atomic E-state index is 0.0623.